The number of nitrogens with zero attached hydrogens (tertiary/aromatic N) is 2. The number of rotatable bonds is 6. The Labute approximate surface area is 166 Å². The number of thioether (sulfide) groups is 1. The molecule has 6 nitrogen and oxygen atoms in total. The second kappa shape index (κ2) is 7.52. The highest BCUT2D eigenvalue weighted by molar-refractivity contribution is 8.00. The third-order valence-electron chi connectivity index (χ3n) is 4.70. The van der Waals surface area contributed by atoms with E-state index in [0.717, 1.165) is 22.2 Å². The number of aryl methyl sites for hydroxylation is 1. The number of para-hydroxylation sites is 1. The number of nitrogens with one attached hydrogen (secondary N) is 2. The number of aromatic amines is 2. The van der Waals surface area contributed by atoms with E-state index < -0.39 is 0 Å². The van der Waals surface area contributed by atoms with Crippen LogP contribution in [0, 0.1) is 6.92 Å². The first kappa shape index (κ1) is 18.3. The molecule has 0 aliphatic carbocycles. The number of H-pyrrole nitrogens is 2. The predicted octanol–water partition coefficient (Wildman–Crippen LogP) is 3.77. The number of carbonyl (C=O) groups is 1. The normalized spacial score (nSPS) is 12.4. The summed E-state index contributed by atoms with van der Waals surface area (Å²) in [6.45, 7) is 4.16. The minimum Gasteiger partial charge on any atom is -0.358 e. The van der Waals surface area contributed by atoms with Crippen LogP contribution in [0.5, 0.6) is 0 Å². The molecule has 0 amide bonds. The van der Waals surface area contributed by atoms with Crippen LogP contribution in [0.15, 0.2) is 64.5 Å². The van der Waals surface area contributed by atoms with Gasteiger partial charge in [0.25, 0.3) is 0 Å². The van der Waals surface area contributed by atoms with Crippen LogP contribution in [-0.4, -0.2) is 30.8 Å². The molecular formula is C21H20N4O2S. The summed E-state index contributed by atoms with van der Waals surface area (Å²) in [4.78, 5) is 28.6. The van der Waals surface area contributed by atoms with E-state index in [0.29, 0.717) is 17.3 Å². The first-order valence-corrected chi connectivity index (χ1v) is 9.90. The maximum Gasteiger partial charge on any atom is 0.344 e. The average Bonchev–Trinajstić information content (AvgIpc) is 3.21. The zero-order chi connectivity index (χ0) is 19.7. The lowest BCUT2D eigenvalue weighted by Gasteiger charge is -2.11. The first-order valence-electron chi connectivity index (χ1n) is 9.02. The van der Waals surface area contributed by atoms with Gasteiger partial charge in [-0.3, -0.25) is 9.36 Å². The fourth-order valence-electron chi connectivity index (χ4n) is 3.31. The molecule has 1 atom stereocenters. The number of hydrogen-bond acceptors (Lipinski definition) is 4. The van der Waals surface area contributed by atoms with Crippen molar-refractivity contribution in [3.8, 4) is 0 Å². The lowest BCUT2D eigenvalue weighted by atomic mass is 10.1. The SMILES string of the molecule is Cc1[nH]c2ccccc2c1C(=O)C(C)Sc1n[nH]c(=O)n1Cc1ccccc1. The molecule has 0 spiro atoms. The monoisotopic (exact) mass is 392 g/mol. The van der Waals surface area contributed by atoms with Crippen molar-refractivity contribution in [2.45, 2.75) is 30.8 Å². The Balaban J connectivity index is 1.60. The molecule has 1 unspecified atom stereocenters. The van der Waals surface area contributed by atoms with E-state index in [4.69, 9.17) is 0 Å². The summed E-state index contributed by atoms with van der Waals surface area (Å²) in [5.74, 6) is 0.0154. The van der Waals surface area contributed by atoms with E-state index in [-0.39, 0.29) is 16.7 Å². The molecule has 0 saturated carbocycles. The summed E-state index contributed by atoms with van der Waals surface area (Å²) >= 11 is 1.29. The molecule has 4 rings (SSSR count). The third kappa shape index (κ3) is 3.41. The quantitative estimate of drug-likeness (QED) is 0.386. The first-order chi connectivity index (χ1) is 13.5. The number of carbonyl (C=O) groups excluding carboxylic acids is 1. The van der Waals surface area contributed by atoms with Gasteiger partial charge in [-0.25, -0.2) is 9.89 Å². The van der Waals surface area contributed by atoms with E-state index >= 15 is 0 Å². The summed E-state index contributed by atoms with van der Waals surface area (Å²) < 4.78 is 1.56. The van der Waals surface area contributed by atoms with Crippen LogP contribution in [0.1, 0.15) is 28.5 Å². The van der Waals surface area contributed by atoms with Gasteiger partial charge in [-0.05, 0) is 25.5 Å². The minimum absolute atomic E-state index is 0.0154. The number of Topliss-reactive ketones (excluding diaryl/α,β-unsaturated/α-hetero) is 1. The standard InChI is InChI=1S/C21H20N4O2S/c1-13-18(16-10-6-7-11-17(16)22-13)19(26)14(2)28-21-24-23-20(27)25(21)12-15-8-4-3-5-9-15/h3-11,14,22H,12H2,1-2H3,(H,23,27). The molecule has 0 fully saturated rings. The molecule has 2 N–H and O–H groups in total. The molecule has 2 aromatic heterocycles. The predicted molar refractivity (Wildman–Crippen MR) is 111 cm³/mol. The van der Waals surface area contributed by atoms with Gasteiger partial charge in [-0.1, -0.05) is 60.3 Å². The van der Waals surface area contributed by atoms with Gasteiger partial charge in [-0.15, -0.1) is 5.10 Å². The van der Waals surface area contributed by atoms with Gasteiger partial charge in [0, 0.05) is 22.2 Å². The van der Waals surface area contributed by atoms with Crippen LogP contribution >= 0.6 is 11.8 Å². The van der Waals surface area contributed by atoms with Crippen LogP contribution in [0.3, 0.4) is 0 Å². The molecule has 0 radical (unpaired) electrons. The molecule has 28 heavy (non-hydrogen) atoms. The lowest BCUT2D eigenvalue weighted by Crippen LogP contribution is -2.20. The van der Waals surface area contributed by atoms with Crippen LogP contribution in [-0.2, 0) is 6.54 Å². The van der Waals surface area contributed by atoms with E-state index in [9.17, 15) is 9.59 Å². The molecule has 0 bridgehead atoms. The minimum atomic E-state index is -0.386. The van der Waals surface area contributed by atoms with Crippen molar-refractivity contribution in [1.29, 1.82) is 0 Å². The second-order valence-corrected chi connectivity index (χ2v) is 7.99. The van der Waals surface area contributed by atoms with Gasteiger partial charge in [0.05, 0.1) is 11.8 Å². The van der Waals surface area contributed by atoms with Gasteiger partial charge in [-0.2, -0.15) is 0 Å². The molecule has 7 heteroatoms. The fourth-order valence-corrected chi connectivity index (χ4v) is 4.22. The van der Waals surface area contributed by atoms with Crippen molar-refractivity contribution >= 4 is 28.4 Å². The molecule has 2 heterocycles. The Hall–Kier alpha value is -3.06. The molecule has 0 saturated heterocycles. The summed E-state index contributed by atoms with van der Waals surface area (Å²) in [5.41, 5.74) is 3.21. The number of aromatic nitrogens is 4. The molecule has 4 aromatic rings. The van der Waals surface area contributed by atoms with Crippen LogP contribution in [0.4, 0.5) is 0 Å². The molecule has 142 valence electrons. The summed E-state index contributed by atoms with van der Waals surface area (Å²) in [6, 6.07) is 17.5. The Morgan fingerprint density at radius 3 is 2.64 bits per heavy atom. The van der Waals surface area contributed by atoms with Crippen molar-refractivity contribution in [3.63, 3.8) is 0 Å². The third-order valence-corrected chi connectivity index (χ3v) is 5.79. The summed E-state index contributed by atoms with van der Waals surface area (Å²) in [5, 5.41) is 7.66. The fraction of sp³-hybridized carbons (Fsp3) is 0.190. The number of benzene rings is 2. The molecule has 0 aliphatic rings. The Morgan fingerprint density at radius 2 is 1.86 bits per heavy atom. The smallest absolute Gasteiger partial charge is 0.344 e. The highest BCUT2D eigenvalue weighted by atomic mass is 32.2. The van der Waals surface area contributed by atoms with E-state index in [2.05, 4.69) is 15.2 Å². The Kier molecular flexibility index (Phi) is 4.92. The molecule has 2 aromatic carbocycles. The van der Waals surface area contributed by atoms with Crippen LogP contribution < -0.4 is 5.69 Å². The van der Waals surface area contributed by atoms with Crippen LogP contribution in [0.2, 0.25) is 0 Å². The van der Waals surface area contributed by atoms with Gasteiger partial charge < -0.3 is 4.98 Å². The summed E-state index contributed by atoms with van der Waals surface area (Å²) in [6.07, 6.45) is 0. The van der Waals surface area contributed by atoms with Gasteiger partial charge >= 0.3 is 5.69 Å². The highest BCUT2D eigenvalue weighted by Crippen LogP contribution is 2.29. The van der Waals surface area contributed by atoms with Gasteiger partial charge in [0.1, 0.15) is 0 Å². The Morgan fingerprint density at radius 1 is 1.14 bits per heavy atom. The maximum absolute atomic E-state index is 13.2. The van der Waals surface area contributed by atoms with Crippen molar-refractivity contribution in [2.24, 2.45) is 0 Å². The zero-order valence-corrected chi connectivity index (χ0v) is 16.4. The average molecular weight is 392 g/mol. The maximum atomic E-state index is 13.2. The zero-order valence-electron chi connectivity index (χ0n) is 15.6. The molecule has 0 aliphatic heterocycles. The topological polar surface area (TPSA) is 83.5 Å². The largest absolute Gasteiger partial charge is 0.358 e. The van der Waals surface area contributed by atoms with Gasteiger partial charge in [0.2, 0.25) is 0 Å². The van der Waals surface area contributed by atoms with Crippen molar-refractivity contribution in [1.82, 2.24) is 19.7 Å². The van der Waals surface area contributed by atoms with Crippen LogP contribution in [0.25, 0.3) is 10.9 Å². The van der Waals surface area contributed by atoms with E-state index in [1.807, 2.05) is 68.4 Å². The van der Waals surface area contributed by atoms with E-state index in [1.165, 1.54) is 11.8 Å². The second-order valence-electron chi connectivity index (χ2n) is 6.68. The van der Waals surface area contributed by atoms with Gasteiger partial charge in [0.15, 0.2) is 10.9 Å². The Bertz CT molecular complexity index is 1190. The number of fused-ring (bicyclic) bond motifs is 1. The molecular weight excluding hydrogens is 372 g/mol. The van der Waals surface area contributed by atoms with Crippen molar-refractivity contribution < 1.29 is 4.79 Å². The number of ketones is 1. The van der Waals surface area contributed by atoms with E-state index in [1.54, 1.807) is 4.57 Å². The highest BCUT2D eigenvalue weighted by Gasteiger charge is 2.24. The van der Waals surface area contributed by atoms with Crippen molar-refractivity contribution in [2.75, 3.05) is 0 Å². The number of hydrogen-bond donors (Lipinski definition) is 2. The lowest BCUT2D eigenvalue weighted by molar-refractivity contribution is 0.0995. The summed E-state index contributed by atoms with van der Waals surface area (Å²) in [7, 11) is 0. The van der Waals surface area contributed by atoms with Crippen molar-refractivity contribution in [3.05, 3.63) is 81.9 Å².